The topological polar surface area (TPSA) is 65.5 Å². The van der Waals surface area contributed by atoms with E-state index in [4.69, 9.17) is 0 Å². The predicted molar refractivity (Wildman–Crippen MR) is 83.8 cm³/mol. The van der Waals surface area contributed by atoms with Crippen molar-refractivity contribution in [3.8, 4) is 0 Å². The van der Waals surface area contributed by atoms with E-state index in [0.29, 0.717) is 26.1 Å². The van der Waals surface area contributed by atoms with E-state index in [9.17, 15) is 9.90 Å². The van der Waals surface area contributed by atoms with Gasteiger partial charge in [0.1, 0.15) is 0 Å². The molecule has 0 saturated carbocycles. The van der Waals surface area contributed by atoms with Crippen LogP contribution in [0, 0.1) is 5.41 Å². The van der Waals surface area contributed by atoms with Crippen LogP contribution in [0.4, 0.5) is 4.79 Å². The number of hydrogen-bond acceptors (Lipinski definition) is 3. The number of pyridine rings is 1. The summed E-state index contributed by atoms with van der Waals surface area (Å²) < 4.78 is 0. The molecule has 0 bridgehead atoms. The molecule has 21 heavy (non-hydrogen) atoms. The van der Waals surface area contributed by atoms with Crippen molar-refractivity contribution in [3.63, 3.8) is 0 Å². The molecule has 0 aliphatic rings. The molecule has 0 aliphatic carbocycles. The molecule has 0 saturated heterocycles. The Morgan fingerprint density at radius 2 is 2.19 bits per heavy atom. The number of urea groups is 1. The van der Waals surface area contributed by atoms with Crippen LogP contribution >= 0.6 is 0 Å². The Hall–Kier alpha value is -1.62. The summed E-state index contributed by atoms with van der Waals surface area (Å²) in [6, 6.07) is 5.59. The van der Waals surface area contributed by atoms with Crippen molar-refractivity contribution in [2.75, 3.05) is 13.1 Å². The van der Waals surface area contributed by atoms with Gasteiger partial charge in [0, 0.05) is 19.3 Å². The number of aromatic nitrogens is 1. The molecule has 5 heteroatoms. The summed E-state index contributed by atoms with van der Waals surface area (Å²) in [5, 5.41) is 12.4. The molecule has 0 aliphatic heterocycles. The lowest BCUT2D eigenvalue weighted by atomic mass is 9.87. The highest BCUT2D eigenvalue weighted by Crippen LogP contribution is 2.21. The maximum absolute atomic E-state index is 12.2. The molecule has 1 aromatic rings. The van der Waals surface area contributed by atoms with Gasteiger partial charge < -0.3 is 15.3 Å². The summed E-state index contributed by atoms with van der Waals surface area (Å²) in [5.41, 5.74) is 0.742. The first-order chi connectivity index (χ1) is 9.84. The van der Waals surface area contributed by atoms with E-state index in [1.54, 1.807) is 18.0 Å². The first-order valence-corrected chi connectivity index (χ1v) is 7.45. The summed E-state index contributed by atoms with van der Waals surface area (Å²) in [6.07, 6.45) is 2.01. The van der Waals surface area contributed by atoms with E-state index in [1.165, 1.54) is 0 Å². The molecule has 5 nitrogen and oxygen atoms in total. The standard InChI is InChI=1S/C16H27N3O2/c1-5-19(11-14-8-6-7-9-17-14)15(21)18-12-16(3,4)10-13(2)20/h6-9,13,20H,5,10-12H2,1-4H3,(H,18,21). The lowest BCUT2D eigenvalue weighted by molar-refractivity contribution is 0.126. The Kier molecular flexibility index (Phi) is 6.62. The van der Waals surface area contributed by atoms with Crippen LogP contribution in [0.3, 0.4) is 0 Å². The molecule has 1 aromatic heterocycles. The minimum absolute atomic E-state index is 0.0955. The number of carbonyl (C=O) groups excluding carboxylic acids is 1. The highest BCUT2D eigenvalue weighted by molar-refractivity contribution is 5.74. The lowest BCUT2D eigenvalue weighted by Crippen LogP contribution is -2.43. The van der Waals surface area contributed by atoms with E-state index in [1.807, 2.05) is 39.0 Å². The fourth-order valence-electron chi connectivity index (χ4n) is 2.31. The summed E-state index contributed by atoms with van der Waals surface area (Å²) in [4.78, 5) is 18.2. The van der Waals surface area contributed by atoms with Crippen LogP contribution in [-0.4, -0.2) is 40.2 Å². The second-order valence-corrected chi connectivity index (χ2v) is 6.21. The number of nitrogens with one attached hydrogen (secondary N) is 1. The third-order valence-corrected chi connectivity index (χ3v) is 3.31. The molecule has 1 unspecified atom stereocenters. The molecule has 2 amide bonds. The SMILES string of the molecule is CCN(Cc1ccccn1)C(=O)NCC(C)(C)CC(C)O. The Bertz CT molecular complexity index is 432. The van der Waals surface area contributed by atoms with Gasteiger partial charge in [0.15, 0.2) is 0 Å². The van der Waals surface area contributed by atoms with Crippen LogP contribution in [-0.2, 0) is 6.54 Å². The average molecular weight is 293 g/mol. The molecule has 118 valence electrons. The van der Waals surface area contributed by atoms with E-state index in [0.717, 1.165) is 5.69 Å². The largest absolute Gasteiger partial charge is 0.393 e. The van der Waals surface area contributed by atoms with Gasteiger partial charge in [-0.1, -0.05) is 19.9 Å². The minimum Gasteiger partial charge on any atom is -0.393 e. The van der Waals surface area contributed by atoms with E-state index < -0.39 is 0 Å². The van der Waals surface area contributed by atoms with Gasteiger partial charge in [0.2, 0.25) is 0 Å². The van der Waals surface area contributed by atoms with Gasteiger partial charge in [-0.05, 0) is 37.8 Å². The molecular formula is C16H27N3O2. The average Bonchev–Trinajstić information content (AvgIpc) is 2.42. The second-order valence-electron chi connectivity index (χ2n) is 6.21. The maximum atomic E-state index is 12.2. The van der Waals surface area contributed by atoms with E-state index in [-0.39, 0.29) is 17.6 Å². The summed E-state index contributed by atoms with van der Waals surface area (Å²) in [6.45, 7) is 9.45. The zero-order valence-electron chi connectivity index (χ0n) is 13.5. The van der Waals surface area contributed by atoms with Gasteiger partial charge in [-0.15, -0.1) is 0 Å². The molecule has 0 fully saturated rings. The van der Waals surface area contributed by atoms with Crippen molar-refractivity contribution in [2.24, 2.45) is 5.41 Å². The number of aliphatic hydroxyl groups is 1. The zero-order valence-corrected chi connectivity index (χ0v) is 13.5. The number of hydrogen-bond donors (Lipinski definition) is 2. The van der Waals surface area contributed by atoms with Crippen LogP contribution in [0.15, 0.2) is 24.4 Å². The van der Waals surface area contributed by atoms with Crippen LogP contribution in [0.1, 0.15) is 39.8 Å². The normalized spacial score (nSPS) is 12.8. The van der Waals surface area contributed by atoms with Crippen LogP contribution in [0.5, 0.6) is 0 Å². The van der Waals surface area contributed by atoms with Gasteiger partial charge in [-0.25, -0.2) is 4.79 Å². The Morgan fingerprint density at radius 1 is 1.48 bits per heavy atom. The van der Waals surface area contributed by atoms with Crippen molar-refractivity contribution in [1.29, 1.82) is 0 Å². The number of nitrogens with zero attached hydrogens (tertiary/aromatic N) is 2. The van der Waals surface area contributed by atoms with Crippen molar-refractivity contribution in [3.05, 3.63) is 30.1 Å². The van der Waals surface area contributed by atoms with Crippen LogP contribution in [0.25, 0.3) is 0 Å². The van der Waals surface area contributed by atoms with E-state index in [2.05, 4.69) is 10.3 Å². The summed E-state index contributed by atoms with van der Waals surface area (Å²) in [5.74, 6) is 0. The van der Waals surface area contributed by atoms with Gasteiger partial charge in [0.25, 0.3) is 0 Å². The van der Waals surface area contributed by atoms with Gasteiger partial charge in [0.05, 0.1) is 18.3 Å². The Labute approximate surface area is 127 Å². The summed E-state index contributed by atoms with van der Waals surface area (Å²) in [7, 11) is 0. The maximum Gasteiger partial charge on any atom is 0.317 e. The van der Waals surface area contributed by atoms with Gasteiger partial charge in [-0.3, -0.25) is 4.98 Å². The molecular weight excluding hydrogens is 266 g/mol. The number of carbonyl (C=O) groups is 1. The van der Waals surface area contributed by atoms with Crippen molar-refractivity contribution in [1.82, 2.24) is 15.2 Å². The minimum atomic E-state index is -0.368. The zero-order chi connectivity index (χ0) is 15.9. The number of rotatable bonds is 7. The highest BCUT2D eigenvalue weighted by Gasteiger charge is 2.22. The van der Waals surface area contributed by atoms with Gasteiger partial charge >= 0.3 is 6.03 Å². The van der Waals surface area contributed by atoms with Crippen molar-refractivity contribution < 1.29 is 9.90 Å². The number of amides is 2. The first kappa shape index (κ1) is 17.4. The molecule has 0 radical (unpaired) electrons. The summed E-state index contributed by atoms with van der Waals surface area (Å²) >= 11 is 0. The van der Waals surface area contributed by atoms with Gasteiger partial charge in [-0.2, -0.15) is 0 Å². The first-order valence-electron chi connectivity index (χ1n) is 7.45. The molecule has 0 aromatic carbocycles. The van der Waals surface area contributed by atoms with Crippen molar-refractivity contribution >= 4 is 6.03 Å². The Morgan fingerprint density at radius 3 is 2.71 bits per heavy atom. The Balaban J connectivity index is 2.52. The highest BCUT2D eigenvalue weighted by atomic mass is 16.3. The smallest absolute Gasteiger partial charge is 0.317 e. The molecule has 1 atom stereocenters. The number of aliphatic hydroxyl groups excluding tert-OH is 1. The second kappa shape index (κ2) is 7.98. The monoisotopic (exact) mass is 293 g/mol. The van der Waals surface area contributed by atoms with Crippen molar-refractivity contribution in [2.45, 2.75) is 46.8 Å². The van der Waals surface area contributed by atoms with Crippen LogP contribution in [0.2, 0.25) is 0 Å². The molecule has 0 spiro atoms. The molecule has 2 N–H and O–H groups in total. The van der Waals surface area contributed by atoms with E-state index >= 15 is 0 Å². The van der Waals surface area contributed by atoms with Crippen LogP contribution < -0.4 is 5.32 Å². The predicted octanol–water partition coefficient (Wildman–Crippen LogP) is 2.41. The fraction of sp³-hybridized carbons (Fsp3) is 0.625. The molecule has 1 rings (SSSR count). The third-order valence-electron chi connectivity index (χ3n) is 3.31. The third kappa shape index (κ3) is 6.58. The quantitative estimate of drug-likeness (QED) is 0.811. The fourth-order valence-corrected chi connectivity index (χ4v) is 2.31. The lowest BCUT2D eigenvalue weighted by Gasteiger charge is -2.28. The molecule has 1 heterocycles.